The zero-order valence-corrected chi connectivity index (χ0v) is 18.7. The molecular weight excluding hydrogens is 431 g/mol. The van der Waals surface area contributed by atoms with Gasteiger partial charge in [-0.25, -0.2) is 13.2 Å². The van der Waals surface area contributed by atoms with Gasteiger partial charge in [0.1, 0.15) is 0 Å². The second-order valence-corrected chi connectivity index (χ2v) is 10.0. The Morgan fingerprint density at radius 3 is 2.47 bits per heavy atom. The molecule has 0 heterocycles. The van der Waals surface area contributed by atoms with Crippen LogP contribution in [0, 0.1) is 35.2 Å². The van der Waals surface area contributed by atoms with Crippen molar-refractivity contribution >= 4 is 35.0 Å². The van der Waals surface area contributed by atoms with Crippen LogP contribution in [-0.4, -0.2) is 11.2 Å². The van der Waals surface area contributed by atoms with Gasteiger partial charge in [-0.15, -0.1) is 11.8 Å². The van der Waals surface area contributed by atoms with Gasteiger partial charge in [-0.05, 0) is 55.2 Å². The number of anilines is 1. The summed E-state index contributed by atoms with van der Waals surface area (Å²) in [7, 11) is 0. The number of thioether (sulfide) groups is 1. The van der Waals surface area contributed by atoms with Crippen LogP contribution in [-0.2, 0) is 0 Å². The molecule has 0 saturated heterocycles. The second kappa shape index (κ2) is 9.65. The highest BCUT2D eigenvalue weighted by molar-refractivity contribution is 8.00. The van der Waals surface area contributed by atoms with Crippen LogP contribution in [0.1, 0.15) is 50.4 Å². The molecule has 3 atom stereocenters. The standard InChI is InChI=1S/C23H25ClF3NOS/c1-12(2)8-14-5-4-13(3)22(14)30-20-9-15(6-7-17(20)24)23(29)28-16-10-18(25)21(27)19(26)11-16/h6-7,9-14,22H,4-5,8H2,1-3H3,(H,28,29). The number of halogens is 4. The Hall–Kier alpha value is -1.66. The van der Waals surface area contributed by atoms with Gasteiger partial charge in [0.15, 0.2) is 17.5 Å². The number of carbonyl (C=O) groups excluding carboxylic acids is 1. The Kier molecular flexibility index (Phi) is 7.40. The maximum atomic E-state index is 13.4. The molecule has 2 aromatic rings. The summed E-state index contributed by atoms with van der Waals surface area (Å²) in [5, 5.41) is 3.40. The summed E-state index contributed by atoms with van der Waals surface area (Å²) in [6, 6.07) is 6.41. The third-order valence-electron chi connectivity index (χ3n) is 5.49. The van der Waals surface area contributed by atoms with Crippen LogP contribution < -0.4 is 5.32 Å². The molecule has 162 valence electrons. The molecule has 7 heteroatoms. The number of nitrogens with one attached hydrogen (secondary N) is 1. The monoisotopic (exact) mass is 455 g/mol. The average molecular weight is 456 g/mol. The van der Waals surface area contributed by atoms with E-state index in [1.807, 2.05) is 0 Å². The van der Waals surface area contributed by atoms with Crippen LogP contribution in [0.15, 0.2) is 35.2 Å². The minimum atomic E-state index is -1.57. The van der Waals surface area contributed by atoms with Crippen molar-refractivity contribution in [3.8, 4) is 0 Å². The quantitative estimate of drug-likeness (QED) is 0.455. The van der Waals surface area contributed by atoms with E-state index < -0.39 is 23.4 Å². The predicted octanol–water partition coefficient (Wildman–Crippen LogP) is 7.56. The maximum absolute atomic E-state index is 13.4. The highest BCUT2D eigenvalue weighted by atomic mass is 35.5. The molecule has 3 rings (SSSR count). The van der Waals surface area contributed by atoms with Gasteiger partial charge in [-0.1, -0.05) is 32.4 Å². The van der Waals surface area contributed by atoms with E-state index in [0.29, 0.717) is 33.6 Å². The number of hydrogen-bond acceptors (Lipinski definition) is 2. The smallest absolute Gasteiger partial charge is 0.255 e. The molecule has 0 spiro atoms. The van der Waals surface area contributed by atoms with Gasteiger partial charge in [-0.2, -0.15) is 0 Å². The summed E-state index contributed by atoms with van der Waals surface area (Å²) in [5.74, 6) is -3.06. The minimum Gasteiger partial charge on any atom is -0.322 e. The van der Waals surface area contributed by atoms with Gasteiger partial charge < -0.3 is 5.32 Å². The summed E-state index contributed by atoms with van der Waals surface area (Å²) < 4.78 is 40.0. The molecule has 1 N–H and O–H groups in total. The Morgan fingerprint density at radius 1 is 1.17 bits per heavy atom. The van der Waals surface area contributed by atoms with Gasteiger partial charge in [0.25, 0.3) is 5.91 Å². The fourth-order valence-corrected chi connectivity index (χ4v) is 5.78. The lowest BCUT2D eigenvalue weighted by molar-refractivity contribution is 0.102. The summed E-state index contributed by atoms with van der Waals surface area (Å²) in [5.41, 5.74) is 0.167. The van der Waals surface area contributed by atoms with Crippen molar-refractivity contribution in [2.24, 2.45) is 17.8 Å². The van der Waals surface area contributed by atoms with Crippen molar-refractivity contribution < 1.29 is 18.0 Å². The molecule has 2 nitrogen and oxygen atoms in total. The number of amides is 1. The summed E-state index contributed by atoms with van der Waals surface area (Å²) >= 11 is 8.11. The fourth-order valence-electron chi connectivity index (χ4n) is 4.05. The fraction of sp³-hybridized carbons (Fsp3) is 0.435. The molecule has 1 fully saturated rings. The molecular formula is C23H25ClF3NOS. The van der Waals surface area contributed by atoms with Crippen LogP contribution in [0.5, 0.6) is 0 Å². The Bertz CT molecular complexity index is 914. The molecule has 1 aliphatic rings. The summed E-state index contributed by atoms with van der Waals surface area (Å²) in [6.07, 6.45) is 3.52. The van der Waals surface area contributed by atoms with E-state index in [-0.39, 0.29) is 5.69 Å². The van der Waals surface area contributed by atoms with Crippen molar-refractivity contribution in [1.82, 2.24) is 0 Å². The van der Waals surface area contributed by atoms with E-state index in [1.165, 1.54) is 12.8 Å². The van der Waals surface area contributed by atoms with E-state index in [2.05, 4.69) is 26.1 Å². The maximum Gasteiger partial charge on any atom is 0.255 e. The topological polar surface area (TPSA) is 29.1 Å². The number of rotatable bonds is 6. The van der Waals surface area contributed by atoms with Gasteiger partial charge in [-0.3, -0.25) is 4.79 Å². The molecule has 0 aliphatic heterocycles. The molecule has 1 aliphatic carbocycles. The van der Waals surface area contributed by atoms with E-state index >= 15 is 0 Å². The average Bonchev–Trinajstić information content (AvgIpc) is 3.00. The van der Waals surface area contributed by atoms with Crippen LogP contribution in [0.2, 0.25) is 5.02 Å². The summed E-state index contributed by atoms with van der Waals surface area (Å²) in [6.45, 7) is 6.70. The number of benzene rings is 2. The minimum absolute atomic E-state index is 0.151. The first-order valence-corrected chi connectivity index (χ1v) is 11.3. The third kappa shape index (κ3) is 5.33. The molecule has 30 heavy (non-hydrogen) atoms. The number of hydrogen-bond donors (Lipinski definition) is 1. The van der Waals surface area contributed by atoms with Crippen molar-refractivity contribution in [1.29, 1.82) is 0 Å². The third-order valence-corrected chi connectivity index (χ3v) is 7.65. The van der Waals surface area contributed by atoms with Gasteiger partial charge >= 0.3 is 0 Å². The lowest BCUT2D eigenvalue weighted by Gasteiger charge is -2.24. The SMILES string of the molecule is CC(C)CC1CCC(C)C1Sc1cc(C(=O)Nc2cc(F)c(F)c(F)c2)ccc1Cl. The Morgan fingerprint density at radius 2 is 1.83 bits per heavy atom. The van der Waals surface area contributed by atoms with Crippen LogP contribution in [0.3, 0.4) is 0 Å². The van der Waals surface area contributed by atoms with Gasteiger partial charge in [0.2, 0.25) is 0 Å². The first-order valence-electron chi connectivity index (χ1n) is 10.1. The lowest BCUT2D eigenvalue weighted by Crippen LogP contribution is -2.18. The second-order valence-electron chi connectivity index (χ2n) is 8.38. The van der Waals surface area contributed by atoms with Crippen molar-refractivity contribution in [2.45, 2.75) is 50.2 Å². The first-order chi connectivity index (χ1) is 14.2. The Balaban J connectivity index is 1.78. The van der Waals surface area contributed by atoms with E-state index in [4.69, 9.17) is 11.6 Å². The van der Waals surface area contributed by atoms with Crippen molar-refractivity contribution in [3.63, 3.8) is 0 Å². The molecule has 0 bridgehead atoms. The van der Waals surface area contributed by atoms with Crippen molar-refractivity contribution in [3.05, 3.63) is 58.4 Å². The molecule has 0 radical (unpaired) electrons. The molecule has 1 saturated carbocycles. The van der Waals surface area contributed by atoms with Gasteiger partial charge in [0, 0.05) is 33.5 Å². The molecule has 0 aromatic heterocycles. The summed E-state index contributed by atoms with van der Waals surface area (Å²) in [4.78, 5) is 13.4. The zero-order valence-electron chi connectivity index (χ0n) is 17.1. The molecule has 2 aromatic carbocycles. The van der Waals surface area contributed by atoms with Gasteiger partial charge in [0.05, 0.1) is 5.02 Å². The van der Waals surface area contributed by atoms with Crippen LogP contribution in [0.25, 0.3) is 0 Å². The molecule has 3 unspecified atom stereocenters. The van der Waals surface area contributed by atoms with Crippen LogP contribution >= 0.6 is 23.4 Å². The highest BCUT2D eigenvalue weighted by Crippen LogP contribution is 2.46. The van der Waals surface area contributed by atoms with Crippen LogP contribution in [0.4, 0.5) is 18.9 Å². The lowest BCUT2D eigenvalue weighted by atomic mass is 9.94. The Labute approximate surface area is 184 Å². The zero-order chi connectivity index (χ0) is 22.0. The highest BCUT2D eigenvalue weighted by Gasteiger charge is 2.34. The van der Waals surface area contributed by atoms with E-state index in [0.717, 1.165) is 23.4 Å². The number of carbonyl (C=O) groups is 1. The van der Waals surface area contributed by atoms with Crippen molar-refractivity contribution in [2.75, 3.05) is 5.32 Å². The normalized spacial score (nSPS) is 21.3. The van der Waals surface area contributed by atoms with E-state index in [9.17, 15) is 18.0 Å². The molecule has 1 amide bonds. The predicted molar refractivity (Wildman–Crippen MR) is 117 cm³/mol. The largest absolute Gasteiger partial charge is 0.322 e. The first kappa shape index (κ1) is 23.0. The van der Waals surface area contributed by atoms with E-state index in [1.54, 1.807) is 30.0 Å².